The molecule has 1 N–H and O–H groups in total. The van der Waals surface area contributed by atoms with Gasteiger partial charge in [-0.15, -0.1) is 0 Å². The van der Waals surface area contributed by atoms with Crippen LogP contribution in [0.25, 0.3) is 22.3 Å². The third-order valence-electron chi connectivity index (χ3n) is 4.40. The molecule has 0 atom stereocenters. The van der Waals surface area contributed by atoms with Crippen molar-refractivity contribution in [2.75, 3.05) is 11.9 Å². The van der Waals surface area contributed by atoms with Gasteiger partial charge in [-0.2, -0.15) is 4.98 Å². The largest absolute Gasteiger partial charge is 0.476 e. The van der Waals surface area contributed by atoms with E-state index >= 15 is 0 Å². The monoisotopic (exact) mass is 426 g/mol. The lowest BCUT2D eigenvalue weighted by Gasteiger charge is -2.11. The number of anilines is 1. The molecule has 0 saturated carbocycles. The maximum Gasteiger partial charge on any atom is 0.245 e. The van der Waals surface area contributed by atoms with E-state index < -0.39 is 5.82 Å². The first kappa shape index (κ1) is 20.0. The Bertz CT molecular complexity index is 1200. The first-order valence-electron chi connectivity index (χ1n) is 9.29. The number of aromatic nitrogens is 3. The van der Waals surface area contributed by atoms with Crippen LogP contribution in [-0.2, 0) is 6.54 Å². The third-order valence-corrected chi connectivity index (χ3v) is 4.69. The van der Waals surface area contributed by atoms with E-state index in [0.29, 0.717) is 34.8 Å². The maximum atomic E-state index is 14.1. The first-order chi connectivity index (χ1) is 14.5. The smallest absolute Gasteiger partial charge is 0.245 e. The fourth-order valence-corrected chi connectivity index (χ4v) is 3.14. The van der Waals surface area contributed by atoms with E-state index in [1.54, 1.807) is 36.4 Å². The average molecular weight is 427 g/mol. The van der Waals surface area contributed by atoms with Crippen LogP contribution in [0.2, 0.25) is 5.02 Å². The average Bonchev–Trinajstić information content (AvgIpc) is 2.75. The Morgan fingerprint density at radius 3 is 2.53 bits per heavy atom. The minimum Gasteiger partial charge on any atom is -0.476 e. The molecule has 0 amide bonds. The Balaban J connectivity index is 1.68. The quantitative estimate of drug-likeness (QED) is 0.432. The summed E-state index contributed by atoms with van der Waals surface area (Å²) >= 11 is 5.83. The molecule has 152 valence electrons. The van der Waals surface area contributed by atoms with Gasteiger partial charge in [0.15, 0.2) is 5.52 Å². The molecule has 0 bridgehead atoms. The third kappa shape index (κ3) is 4.16. The summed E-state index contributed by atoms with van der Waals surface area (Å²) in [5, 5.41) is 3.06. The van der Waals surface area contributed by atoms with Gasteiger partial charge in [0.1, 0.15) is 11.6 Å². The minimum atomic E-state index is -0.483. The molecule has 4 rings (SSSR count). The predicted molar refractivity (Wildman–Crippen MR) is 113 cm³/mol. The van der Waals surface area contributed by atoms with Gasteiger partial charge in [0.2, 0.25) is 11.8 Å². The molecule has 8 heteroatoms. The summed E-state index contributed by atoms with van der Waals surface area (Å²) in [6.07, 6.45) is 0. The van der Waals surface area contributed by atoms with E-state index in [2.05, 4.69) is 20.3 Å². The minimum absolute atomic E-state index is 0.0567. The van der Waals surface area contributed by atoms with E-state index in [1.165, 1.54) is 18.2 Å². The van der Waals surface area contributed by atoms with Gasteiger partial charge in [-0.3, -0.25) is 0 Å². The van der Waals surface area contributed by atoms with Crippen LogP contribution >= 0.6 is 11.6 Å². The van der Waals surface area contributed by atoms with Crippen LogP contribution in [0.5, 0.6) is 5.88 Å². The highest BCUT2D eigenvalue weighted by molar-refractivity contribution is 6.30. The zero-order valence-corrected chi connectivity index (χ0v) is 16.8. The van der Waals surface area contributed by atoms with Gasteiger partial charge in [0.25, 0.3) is 0 Å². The van der Waals surface area contributed by atoms with E-state index in [9.17, 15) is 8.78 Å². The molecular formula is C22H17ClF2N4O. The standard InChI is InChI=1S/C22H17ClF2N4O/c1-2-30-21-20-18(11-10-17(27-20)13-6-8-15(24)9-7-13)28-22(29-21)26-12-14-4-3-5-16(23)19(14)25/h3-11H,2,12H2,1H3,(H,26,28,29). The lowest BCUT2D eigenvalue weighted by atomic mass is 10.1. The SMILES string of the molecule is CCOc1nc(NCc2cccc(Cl)c2F)nc2ccc(-c3ccc(F)cc3)nc12. The van der Waals surface area contributed by atoms with Crippen molar-refractivity contribution in [2.24, 2.45) is 0 Å². The van der Waals surface area contributed by atoms with Crippen molar-refractivity contribution < 1.29 is 13.5 Å². The van der Waals surface area contributed by atoms with Crippen molar-refractivity contribution in [1.82, 2.24) is 15.0 Å². The van der Waals surface area contributed by atoms with Crippen LogP contribution < -0.4 is 10.1 Å². The number of halogens is 3. The highest BCUT2D eigenvalue weighted by atomic mass is 35.5. The van der Waals surface area contributed by atoms with Crippen molar-refractivity contribution in [1.29, 1.82) is 0 Å². The molecule has 30 heavy (non-hydrogen) atoms. The highest BCUT2D eigenvalue weighted by Gasteiger charge is 2.13. The second-order valence-corrected chi connectivity index (χ2v) is 6.83. The summed E-state index contributed by atoms with van der Waals surface area (Å²) < 4.78 is 33.0. The number of pyridine rings is 1. The Labute approximate surface area is 176 Å². The highest BCUT2D eigenvalue weighted by Crippen LogP contribution is 2.27. The van der Waals surface area contributed by atoms with Gasteiger partial charge < -0.3 is 10.1 Å². The van der Waals surface area contributed by atoms with Crippen molar-refractivity contribution in [3.05, 3.63) is 76.8 Å². The van der Waals surface area contributed by atoms with E-state index in [4.69, 9.17) is 16.3 Å². The van der Waals surface area contributed by atoms with E-state index in [0.717, 1.165) is 5.56 Å². The van der Waals surface area contributed by atoms with Gasteiger partial charge in [0.05, 0.1) is 22.8 Å². The molecule has 5 nitrogen and oxygen atoms in total. The summed E-state index contributed by atoms with van der Waals surface area (Å²) in [5.74, 6) is -0.213. The van der Waals surface area contributed by atoms with Crippen molar-refractivity contribution >= 4 is 28.6 Å². The zero-order valence-electron chi connectivity index (χ0n) is 16.0. The number of hydrogen-bond acceptors (Lipinski definition) is 5. The Kier molecular flexibility index (Phi) is 5.72. The van der Waals surface area contributed by atoms with Crippen molar-refractivity contribution in [3.63, 3.8) is 0 Å². The summed E-state index contributed by atoms with van der Waals surface area (Å²) in [4.78, 5) is 13.4. The molecule has 4 aromatic rings. The molecule has 0 saturated heterocycles. The van der Waals surface area contributed by atoms with E-state index in [1.807, 2.05) is 6.92 Å². The fourth-order valence-electron chi connectivity index (χ4n) is 2.94. The molecule has 0 unspecified atom stereocenters. The summed E-state index contributed by atoms with van der Waals surface area (Å²) in [6.45, 7) is 2.38. The van der Waals surface area contributed by atoms with Gasteiger partial charge in [-0.25, -0.2) is 18.7 Å². The normalized spacial score (nSPS) is 10.9. The molecule has 0 radical (unpaired) electrons. The van der Waals surface area contributed by atoms with Crippen LogP contribution in [0, 0.1) is 11.6 Å². The first-order valence-corrected chi connectivity index (χ1v) is 9.67. The van der Waals surface area contributed by atoms with Crippen molar-refractivity contribution in [2.45, 2.75) is 13.5 Å². The zero-order chi connectivity index (χ0) is 21.1. The lowest BCUT2D eigenvalue weighted by Crippen LogP contribution is -2.08. The number of fused-ring (bicyclic) bond motifs is 1. The number of rotatable bonds is 6. The molecular weight excluding hydrogens is 410 g/mol. The van der Waals surface area contributed by atoms with Crippen molar-refractivity contribution in [3.8, 4) is 17.1 Å². The van der Waals surface area contributed by atoms with E-state index in [-0.39, 0.29) is 23.3 Å². The Morgan fingerprint density at radius 2 is 1.77 bits per heavy atom. The number of nitrogens with one attached hydrogen (secondary N) is 1. The van der Waals surface area contributed by atoms with Gasteiger partial charge in [-0.1, -0.05) is 23.7 Å². The van der Waals surface area contributed by atoms with Crippen LogP contribution in [0.1, 0.15) is 12.5 Å². The topological polar surface area (TPSA) is 59.9 Å². The summed E-state index contributed by atoms with van der Waals surface area (Å²) in [5.41, 5.74) is 2.86. The second kappa shape index (κ2) is 8.59. The molecule has 2 aromatic carbocycles. The molecule has 2 aromatic heterocycles. The Hall–Kier alpha value is -3.32. The molecule has 0 spiro atoms. The lowest BCUT2D eigenvalue weighted by molar-refractivity contribution is 0.330. The predicted octanol–water partition coefficient (Wildman–Crippen LogP) is 5.63. The number of ether oxygens (including phenoxy) is 1. The van der Waals surface area contributed by atoms with Crippen LogP contribution in [0.4, 0.5) is 14.7 Å². The van der Waals surface area contributed by atoms with Gasteiger partial charge in [-0.05, 0) is 49.4 Å². The van der Waals surface area contributed by atoms with Crippen LogP contribution in [0.3, 0.4) is 0 Å². The van der Waals surface area contributed by atoms with Gasteiger partial charge in [0, 0.05) is 17.7 Å². The molecule has 0 aliphatic rings. The second-order valence-electron chi connectivity index (χ2n) is 6.42. The summed E-state index contributed by atoms with van der Waals surface area (Å²) in [6, 6.07) is 14.4. The molecule has 0 aliphatic carbocycles. The molecule has 2 heterocycles. The number of benzene rings is 2. The van der Waals surface area contributed by atoms with Gasteiger partial charge >= 0.3 is 0 Å². The van der Waals surface area contributed by atoms with Crippen LogP contribution in [0.15, 0.2) is 54.6 Å². The fraction of sp³-hybridized carbons (Fsp3) is 0.136. The maximum absolute atomic E-state index is 14.1. The summed E-state index contributed by atoms with van der Waals surface area (Å²) in [7, 11) is 0. The number of nitrogens with zero attached hydrogens (tertiary/aromatic N) is 3. The molecule has 0 fully saturated rings. The van der Waals surface area contributed by atoms with Crippen LogP contribution in [-0.4, -0.2) is 21.6 Å². The number of hydrogen-bond donors (Lipinski definition) is 1. The Morgan fingerprint density at radius 1 is 0.967 bits per heavy atom. The molecule has 0 aliphatic heterocycles.